The van der Waals surface area contributed by atoms with Crippen LogP contribution in [-0.4, -0.2) is 47.6 Å². The maximum absolute atomic E-state index is 11.1. The van der Waals surface area contributed by atoms with Crippen molar-refractivity contribution in [2.45, 2.75) is 13.0 Å². The number of carboxylic acids is 1. The maximum atomic E-state index is 11.1. The van der Waals surface area contributed by atoms with Gasteiger partial charge in [0, 0.05) is 24.7 Å². The molecule has 1 aromatic rings. The Hall–Kier alpha value is -2.15. The van der Waals surface area contributed by atoms with Crippen molar-refractivity contribution in [3.8, 4) is 0 Å². The van der Waals surface area contributed by atoms with Crippen LogP contribution in [0.2, 0.25) is 0 Å². The smallest absolute Gasteiger partial charge is 0.337 e. The number of benzene rings is 1. The van der Waals surface area contributed by atoms with Crippen LogP contribution in [0, 0.1) is 10.1 Å². The Morgan fingerprint density at radius 1 is 1.53 bits per heavy atom. The molecular weight excluding hydrogens is 250 g/mol. The van der Waals surface area contributed by atoms with Crippen LogP contribution in [0.1, 0.15) is 17.3 Å². The molecule has 0 saturated carbocycles. The summed E-state index contributed by atoms with van der Waals surface area (Å²) in [6.07, 6.45) is 0. The molecule has 7 nitrogen and oxygen atoms in total. The molecule has 0 fully saturated rings. The van der Waals surface area contributed by atoms with E-state index in [0.29, 0.717) is 6.54 Å². The first-order valence-electron chi connectivity index (χ1n) is 5.74. The number of aromatic carboxylic acids is 1. The highest BCUT2D eigenvalue weighted by molar-refractivity contribution is 5.94. The van der Waals surface area contributed by atoms with Crippen molar-refractivity contribution in [3.63, 3.8) is 0 Å². The van der Waals surface area contributed by atoms with E-state index in [0.717, 1.165) is 0 Å². The van der Waals surface area contributed by atoms with Crippen molar-refractivity contribution < 1.29 is 14.8 Å². The number of nitrogens with zero attached hydrogens (tertiary/aromatic N) is 2. The lowest BCUT2D eigenvalue weighted by molar-refractivity contribution is -0.384. The van der Waals surface area contributed by atoms with Crippen molar-refractivity contribution in [1.82, 2.24) is 4.90 Å². The number of nitrogens with one attached hydrogen (secondary N) is 1. The molecule has 1 aromatic carbocycles. The lowest BCUT2D eigenvalue weighted by Crippen LogP contribution is -2.30. The average molecular weight is 267 g/mol. The molecule has 0 aliphatic rings. The summed E-state index contributed by atoms with van der Waals surface area (Å²) in [7, 11) is 3.79. The van der Waals surface area contributed by atoms with E-state index in [2.05, 4.69) is 5.32 Å². The minimum atomic E-state index is -1.12. The van der Waals surface area contributed by atoms with Crippen LogP contribution < -0.4 is 5.32 Å². The number of nitro groups is 1. The van der Waals surface area contributed by atoms with Crippen LogP contribution in [0.5, 0.6) is 0 Å². The van der Waals surface area contributed by atoms with Crippen LogP contribution in [0.15, 0.2) is 18.2 Å². The summed E-state index contributed by atoms with van der Waals surface area (Å²) in [5.74, 6) is -1.12. The van der Waals surface area contributed by atoms with Gasteiger partial charge in [-0.2, -0.15) is 0 Å². The molecule has 0 aromatic heterocycles. The molecule has 1 atom stereocenters. The van der Waals surface area contributed by atoms with Crippen molar-refractivity contribution in [2.24, 2.45) is 0 Å². The zero-order valence-corrected chi connectivity index (χ0v) is 11.1. The van der Waals surface area contributed by atoms with E-state index in [-0.39, 0.29) is 23.0 Å². The normalized spacial score (nSPS) is 12.2. The Morgan fingerprint density at radius 2 is 2.16 bits per heavy atom. The van der Waals surface area contributed by atoms with Crippen LogP contribution in [0.25, 0.3) is 0 Å². The van der Waals surface area contributed by atoms with Crippen LogP contribution >= 0.6 is 0 Å². The summed E-state index contributed by atoms with van der Waals surface area (Å²) in [6, 6.07) is 3.64. The van der Waals surface area contributed by atoms with E-state index in [1.807, 2.05) is 25.9 Å². The lowest BCUT2D eigenvalue weighted by Gasteiger charge is -2.20. The Bertz CT molecular complexity index is 488. The summed E-state index contributed by atoms with van der Waals surface area (Å²) in [4.78, 5) is 23.2. The highest BCUT2D eigenvalue weighted by Gasteiger charge is 2.16. The number of hydrogen-bond acceptors (Lipinski definition) is 5. The zero-order chi connectivity index (χ0) is 14.6. The standard InChI is InChI=1S/C12H17N3O4/c1-8(7-14(2)3)13-11-6-9(15(18)19)4-5-10(11)12(16)17/h4-6,8,13H,7H2,1-3H3,(H,16,17). The minimum absolute atomic E-state index is 0.0243. The Labute approximate surface area is 111 Å². The topological polar surface area (TPSA) is 95.7 Å². The second-order valence-corrected chi connectivity index (χ2v) is 4.60. The van der Waals surface area contributed by atoms with Gasteiger partial charge in [0.15, 0.2) is 0 Å². The number of carboxylic acid groups (broad SMARTS) is 1. The van der Waals surface area contributed by atoms with Crippen molar-refractivity contribution in [1.29, 1.82) is 0 Å². The molecule has 0 bridgehead atoms. The monoisotopic (exact) mass is 267 g/mol. The van der Waals surface area contributed by atoms with Crippen LogP contribution in [0.3, 0.4) is 0 Å². The molecule has 0 amide bonds. The largest absolute Gasteiger partial charge is 0.478 e. The van der Waals surface area contributed by atoms with Gasteiger partial charge < -0.3 is 15.3 Å². The molecule has 7 heteroatoms. The van der Waals surface area contributed by atoms with E-state index >= 15 is 0 Å². The Morgan fingerprint density at radius 3 is 2.63 bits per heavy atom. The van der Waals surface area contributed by atoms with Gasteiger partial charge in [0.05, 0.1) is 16.2 Å². The second-order valence-electron chi connectivity index (χ2n) is 4.60. The summed E-state index contributed by atoms with van der Waals surface area (Å²) in [6.45, 7) is 2.56. The lowest BCUT2D eigenvalue weighted by atomic mass is 10.1. The molecule has 1 unspecified atom stereocenters. The summed E-state index contributed by atoms with van der Waals surface area (Å²) in [5, 5.41) is 22.8. The van der Waals surface area contributed by atoms with Gasteiger partial charge >= 0.3 is 5.97 Å². The zero-order valence-electron chi connectivity index (χ0n) is 11.1. The summed E-state index contributed by atoms with van der Waals surface area (Å²) < 4.78 is 0. The molecule has 0 aliphatic carbocycles. The van der Waals surface area contributed by atoms with E-state index in [4.69, 9.17) is 5.11 Å². The number of carbonyl (C=O) groups is 1. The predicted octanol–water partition coefficient (Wildman–Crippen LogP) is 1.66. The van der Waals surface area contributed by atoms with Gasteiger partial charge in [-0.25, -0.2) is 4.79 Å². The SMILES string of the molecule is CC(CN(C)C)Nc1cc([N+](=O)[O-])ccc1C(=O)O. The van der Waals surface area contributed by atoms with Crippen LogP contribution in [-0.2, 0) is 0 Å². The first-order valence-corrected chi connectivity index (χ1v) is 5.74. The Balaban J connectivity index is 3.04. The van der Waals surface area contributed by atoms with E-state index in [9.17, 15) is 14.9 Å². The van der Waals surface area contributed by atoms with Gasteiger partial charge in [0.2, 0.25) is 0 Å². The van der Waals surface area contributed by atoms with E-state index < -0.39 is 10.9 Å². The average Bonchev–Trinajstić information content (AvgIpc) is 2.26. The van der Waals surface area contributed by atoms with Crippen molar-refractivity contribution >= 4 is 17.3 Å². The van der Waals surface area contributed by atoms with Gasteiger partial charge in [0.1, 0.15) is 0 Å². The third-order valence-electron chi connectivity index (χ3n) is 2.49. The predicted molar refractivity (Wildman–Crippen MR) is 71.7 cm³/mol. The molecular formula is C12H17N3O4. The fourth-order valence-corrected chi connectivity index (χ4v) is 1.81. The molecule has 0 spiro atoms. The number of rotatable bonds is 6. The van der Waals surface area contributed by atoms with Gasteiger partial charge in [-0.1, -0.05) is 0 Å². The molecule has 0 saturated heterocycles. The third kappa shape index (κ3) is 4.22. The number of nitro benzene ring substituents is 1. The quantitative estimate of drug-likeness (QED) is 0.601. The minimum Gasteiger partial charge on any atom is -0.478 e. The fraction of sp³-hybridized carbons (Fsp3) is 0.417. The first kappa shape index (κ1) is 14.9. The molecule has 104 valence electrons. The molecule has 0 aliphatic heterocycles. The Kier molecular flexibility index (Phi) is 4.82. The second kappa shape index (κ2) is 6.14. The molecule has 1 rings (SSSR count). The van der Waals surface area contributed by atoms with Crippen LogP contribution in [0.4, 0.5) is 11.4 Å². The fourth-order valence-electron chi connectivity index (χ4n) is 1.81. The van der Waals surface area contributed by atoms with Gasteiger partial charge in [0.25, 0.3) is 5.69 Å². The molecule has 0 radical (unpaired) electrons. The first-order chi connectivity index (χ1) is 8.81. The number of non-ortho nitro benzene ring substituents is 1. The number of anilines is 1. The van der Waals surface area contributed by atoms with E-state index in [1.54, 1.807) is 0 Å². The molecule has 19 heavy (non-hydrogen) atoms. The highest BCUT2D eigenvalue weighted by atomic mass is 16.6. The van der Waals surface area contributed by atoms with Gasteiger partial charge in [-0.15, -0.1) is 0 Å². The van der Waals surface area contributed by atoms with Gasteiger partial charge in [-0.3, -0.25) is 10.1 Å². The van der Waals surface area contributed by atoms with Crippen molar-refractivity contribution in [3.05, 3.63) is 33.9 Å². The maximum Gasteiger partial charge on any atom is 0.337 e. The highest BCUT2D eigenvalue weighted by Crippen LogP contribution is 2.23. The van der Waals surface area contributed by atoms with Gasteiger partial charge in [-0.05, 0) is 27.1 Å². The number of hydrogen-bond donors (Lipinski definition) is 2. The summed E-state index contributed by atoms with van der Waals surface area (Å²) in [5.41, 5.74) is 0.150. The third-order valence-corrected chi connectivity index (χ3v) is 2.49. The summed E-state index contributed by atoms with van der Waals surface area (Å²) >= 11 is 0. The van der Waals surface area contributed by atoms with Crippen molar-refractivity contribution in [2.75, 3.05) is 26.0 Å². The molecule has 2 N–H and O–H groups in total. The molecule has 0 heterocycles. The number of likely N-dealkylation sites (N-methyl/N-ethyl adjacent to an activating group) is 1. The van der Waals surface area contributed by atoms with E-state index in [1.165, 1.54) is 18.2 Å².